The van der Waals surface area contributed by atoms with E-state index in [1.54, 1.807) is 4.68 Å². The molecule has 1 aliphatic heterocycles. The Hall–Kier alpha value is -2.74. The Balaban J connectivity index is 1.40. The zero-order valence-corrected chi connectivity index (χ0v) is 14.3. The molecule has 1 saturated heterocycles. The van der Waals surface area contributed by atoms with Crippen LogP contribution >= 0.6 is 0 Å². The van der Waals surface area contributed by atoms with E-state index in [-0.39, 0.29) is 6.10 Å². The van der Waals surface area contributed by atoms with Crippen molar-refractivity contribution in [3.05, 3.63) is 48.0 Å². The largest absolute Gasteiger partial charge is 0.372 e. The Morgan fingerprint density at radius 3 is 2.84 bits per heavy atom. The summed E-state index contributed by atoms with van der Waals surface area (Å²) in [5, 5.41) is 20.4. The fraction of sp³-hybridized carbons (Fsp3) is 0.412. The van der Waals surface area contributed by atoms with Crippen LogP contribution in [0.1, 0.15) is 23.9 Å². The van der Waals surface area contributed by atoms with Crippen molar-refractivity contribution in [1.29, 1.82) is 0 Å². The van der Waals surface area contributed by atoms with E-state index >= 15 is 0 Å². The molecule has 2 atom stereocenters. The number of hydrogen-bond acceptors (Lipinski definition) is 6. The van der Waals surface area contributed by atoms with Crippen LogP contribution in [-0.2, 0) is 11.8 Å². The fourth-order valence-electron chi connectivity index (χ4n) is 3.15. The number of anilines is 1. The van der Waals surface area contributed by atoms with Crippen molar-refractivity contribution >= 4 is 5.82 Å². The van der Waals surface area contributed by atoms with Crippen LogP contribution < -0.4 is 5.32 Å². The number of hydrogen-bond donors (Lipinski definition) is 1. The lowest BCUT2D eigenvalue weighted by atomic mass is 9.99. The summed E-state index contributed by atoms with van der Waals surface area (Å²) >= 11 is 0. The minimum Gasteiger partial charge on any atom is -0.372 e. The number of nitrogens with one attached hydrogen (secondary N) is 1. The van der Waals surface area contributed by atoms with Crippen LogP contribution in [0.5, 0.6) is 0 Å². The minimum absolute atomic E-state index is 0.0688. The van der Waals surface area contributed by atoms with Gasteiger partial charge in [-0.05, 0) is 37.6 Å². The lowest BCUT2D eigenvalue weighted by molar-refractivity contribution is 0.0866. The summed E-state index contributed by atoms with van der Waals surface area (Å²) in [5.41, 5.74) is 2.06. The molecule has 1 N–H and O–H groups in total. The standard InChI is InChI=1S/C17H21N7O/c1-12-6-9-24(22-12)16-4-3-15(20-21-16)18-11-13-7-10-25-17(13)14-5-8-19-23(14)2/h3-6,8-9,13,17H,7,10-11H2,1-2H3,(H,18,20)/t13-,17+/m0/s1. The molecule has 8 heteroatoms. The second-order valence-corrected chi connectivity index (χ2v) is 6.28. The predicted octanol–water partition coefficient (Wildman–Crippen LogP) is 1.89. The third-order valence-corrected chi connectivity index (χ3v) is 4.52. The maximum atomic E-state index is 5.91. The van der Waals surface area contributed by atoms with Crippen LogP contribution in [0.3, 0.4) is 0 Å². The third-order valence-electron chi connectivity index (χ3n) is 4.52. The zero-order chi connectivity index (χ0) is 17.2. The van der Waals surface area contributed by atoms with Crippen LogP contribution in [-0.4, -0.2) is 42.9 Å². The number of aryl methyl sites for hydroxylation is 2. The number of aromatic nitrogens is 6. The Morgan fingerprint density at radius 1 is 1.24 bits per heavy atom. The average molecular weight is 339 g/mol. The van der Waals surface area contributed by atoms with Crippen LogP contribution in [0.15, 0.2) is 36.7 Å². The van der Waals surface area contributed by atoms with Gasteiger partial charge in [-0.25, -0.2) is 4.68 Å². The van der Waals surface area contributed by atoms with Gasteiger partial charge < -0.3 is 10.1 Å². The van der Waals surface area contributed by atoms with Crippen LogP contribution in [0, 0.1) is 12.8 Å². The summed E-state index contributed by atoms with van der Waals surface area (Å²) < 4.78 is 9.51. The molecule has 1 fully saturated rings. The molecule has 4 heterocycles. The lowest BCUT2D eigenvalue weighted by Crippen LogP contribution is -2.20. The highest BCUT2D eigenvalue weighted by molar-refractivity contribution is 5.36. The second-order valence-electron chi connectivity index (χ2n) is 6.28. The van der Waals surface area contributed by atoms with Gasteiger partial charge in [-0.1, -0.05) is 0 Å². The van der Waals surface area contributed by atoms with Gasteiger partial charge in [0.15, 0.2) is 5.82 Å². The zero-order valence-electron chi connectivity index (χ0n) is 14.3. The number of nitrogens with zero attached hydrogens (tertiary/aromatic N) is 6. The molecule has 3 aromatic rings. The van der Waals surface area contributed by atoms with E-state index in [1.165, 1.54) is 0 Å². The normalized spacial score (nSPS) is 20.1. The maximum absolute atomic E-state index is 5.91. The van der Waals surface area contributed by atoms with Gasteiger partial charge in [-0.2, -0.15) is 10.2 Å². The first-order valence-corrected chi connectivity index (χ1v) is 8.40. The van der Waals surface area contributed by atoms with E-state index < -0.39 is 0 Å². The van der Waals surface area contributed by atoms with E-state index in [2.05, 4.69) is 25.7 Å². The van der Waals surface area contributed by atoms with Gasteiger partial charge in [0.2, 0.25) is 0 Å². The van der Waals surface area contributed by atoms with Gasteiger partial charge >= 0.3 is 0 Å². The molecular formula is C17H21N7O. The van der Waals surface area contributed by atoms with Crippen molar-refractivity contribution in [2.75, 3.05) is 18.5 Å². The highest BCUT2D eigenvalue weighted by Crippen LogP contribution is 2.34. The fourth-order valence-corrected chi connectivity index (χ4v) is 3.15. The third kappa shape index (κ3) is 3.25. The van der Waals surface area contributed by atoms with Crippen molar-refractivity contribution in [1.82, 2.24) is 29.8 Å². The summed E-state index contributed by atoms with van der Waals surface area (Å²) in [4.78, 5) is 0. The SMILES string of the molecule is Cc1ccn(-c2ccc(NC[C@@H]3CCO[C@H]3c3ccnn3C)nn2)n1. The predicted molar refractivity (Wildman–Crippen MR) is 92.4 cm³/mol. The molecule has 0 amide bonds. The van der Waals surface area contributed by atoms with Gasteiger partial charge in [-0.15, -0.1) is 10.2 Å². The first-order valence-electron chi connectivity index (χ1n) is 8.40. The maximum Gasteiger partial charge on any atom is 0.175 e. The van der Waals surface area contributed by atoms with E-state index in [1.807, 2.05) is 55.3 Å². The van der Waals surface area contributed by atoms with E-state index in [0.717, 1.165) is 36.8 Å². The topological polar surface area (TPSA) is 82.7 Å². The molecule has 0 unspecified atom stereocenters. The molecule has 0 bridgehead atoms. The van der Waals surface area contributed by atoms with Gasteiger partial charge in [0.25, 0.3) is 0 Å². The van der Waals surface area contributed by atoms with Gasteiger partial charge in [0, 0.05) is 38.5 Å². The molecule has 0 radical (unpaired) electrons. The van der Waals surface area contributed by atoms with Gasteiger partial charge in [-0.3, -0.25) is 4.68 Å². The van der Waals surface area contributed by atoms with Crippen LogP contribution in [0.2, 0.25) is 0 Å². The molecule has 8 nitrogen and oxygen atoms in total. The summed E-state index contributed by atoms with van der Waals surface area (Å²) in [6.07, 6.45) is 4.77. The van der Waals surface area contributed by atoms with Crippen molar-refractivity contribution in [2.45, 2.75) is 19.4 Å². The molecule has 0 aromatic carbocycles. The molecule has 0 saturated carbocycles. The van der Waals surface area contributed by atoms with Crippen LogP contribution in [0.25, 0.3) is 5.82 Å². The second kappa shape index (κ2) is 6.64. The number of ether oxygens (including phenoxy) is 1. The van der Waals surface area contributed by atoms with Crippen molar-refractivity contribution in [2.24, 2.45) is 13.0 Å². The van der Waals surface area contributed by atoms with Gasteiger partial charge in [0.1, 0.15) is 11.9 Å². The van der Waals surface area contributed by atoms with E-state index in [4.69, 9.17) is 4.74 Å². The van der Waals surface area contributed by atoms with Crippen molar-refractivity contribution < 1.29 is 4.74 Å². The monoisotopic (exact) mass is 339 g/mol. The molecule has 25 heavy (non-hydrogen) atoms. The van der Waals surface area contributed by atoms with E-state index in [0.29, 0.717) is 11.7 Å². The summed E-state index contributed by atoms with van der Waals surface area (Å²) in [6.45, 7) is 3.50. The highest BCUT2D eigenvalue weighted by atomic mass is 16.5. The Morgan fingerprint density at radius 2 is 2.16 bits per heavy atom. The first-order chi connectivity index (χ1) is 12.2. The van der Waals surface area contributed by atoms with Gasteiger partial charge in [0.05, 0.1) is 11.4 Å². The summed E-state index contributed by atoms with van der Waals surface area (Å²) in [6, 6.07) is 7.79. The minimum atomic E-state index is 0.0688. The summed E-state index contributed by atoms with van der Waals surface area (Å²) in [7, 11) is 1.95. The molecule has 130 valence electrons. The Labute approximate surface area is 145 Å². The molecule has 0 aliphatic carbocycles. The Bertz CT molecular complexity index is 839. The van der Waals surface area contributed by atoms with Crippen molar-refractivity contribution in [3.8, 4) is 5.82 Å². The molecular weight excluding hydrogens is 318 g/mol. The van der Waals surface area contributed by atoms with Crippen molar-refractivity contribution in [3.63, 3.8) is 0 Å². The number of rotatable bonds is 5. The molecule has 1 aliphatic rings. The van der Waals surface area contributed by atoms with E-state index in [9.17, 15) is 0 Å². The summed E-state index contributed by atoms with van der Waals surface area (Å²) in [5.74, 6) is 1.84. The quantitative estimate of drug-likeness (QED) is 0.764. The lowest BCUT2D eigenvalue weighted by Gasteiger charge is -2.19. The smallest absolute Gasteiger partial charge is 0.175 e. The highest BCUT2D eigenvalue weighted by Gasteiger charge is 2.31. The van der Waals surface area contributed by atoms with Crippen LogP contribution in [0.4, 0.5) is 5.82 Å². The first kappa shape index (κ1) is 15.8. The molecule has 0 spiro atoms. The Kier molecular flexibility index (Phi) is 4.19. The average Bonchev–Trinajstić information content (AvgIpc) is 3.34. The molecule has 4 rings (SSSR count). The molecule has 3 aromatic heterocycles.